The summed E-state index contributed by atoms with van der Waals surface area (Å²) in [6.45, 7) is 8.00. The summed E-state index contributed by atoms with van der Waals surface area (Å²) in [5, 5.41) is 2.98. The minimum atomic E-state index is -3.71. The summed E-state index contributed by atoms with van der Waals surface area (Å²) in [5.74, 6) is 0.405. The zero-order chi connectivity index (χ0) is 23.2. The first-order valence-corrected chi connectivity index (χ1v) is 12.3. The first kappa shape index (κ1) is 25.5. The molecule has 2 N–H and O–H groups in total. The Morgan fingerprint density at radius 1 is 1.23 bits per heavy atom. The summed E-state index contributed by atoms with van der Waals surface area (Å²) in [6.07, 6.45) is 3.43. The molecule has 0 heterocycles. The molecule has 1 aromatic carbocycles. The fourth-order valence-corrected chi connectivity index (χ4v) is 5.20. The molecule has 1 amide bonds. The van der Waals surface area contributed by atoms with E-state index in [1.54, 1.807) is 0 Å². The Morgan fingerprint density at radius 2 is 1.87 bits per heavy atom. The molecule has 1 aliphatic rings. The van der Waals surface area contributed by atoms with Gasteiger partial charge in [-0.2, -0.15) is 0 Å². The van der Waals surface area contributed by atoms with Gasteiger partial charge in [-0.15, -0.1) is 0 Å². The lowest BCUT2D eigenvalue weighted by molar-refractivity contribution is -0.122. The van der Waals surface area contributed by atoms with Gasteiger partial charge in [-0.25, -0.2) is 17.5 Å². The van der Waals surface area contributed by atoms with Crippen LogP contribution < -0.4 is 10.0 Å². The number of nitrogens with zero attached hydrogens (tertiary/aromatic N) is 1. The van der Waals surface area contributed by atoms with Crippen molar-refractivity contribution < 1.29 is 17.6 Å². The molecule has 0 aromatic heterocycles. The van der Waals surface area contributed by atoms with Crippen molar-refractivity contribution in [3.8, 4) is 0 Å². The van der Waals surface area contributed by atoms with Crippen molar-refractivity contribution in [3.05, 3.63) is 41.7 Å². The van der Waals surface area contributed by atoms with Crippen LogP contribution >= 0.6 is 0 Å². The zero-order valence-corrected chi connectivity index (χ0v) is 20.0. The average Bonchev–Trinajstić information content (AvgIpc) is 2.68. The van der Waals surface area contributed by atoms with E-state index in [1.165, 1.54) is 12.1 Å². The van der Waals surface area contributed by atoms with Crippen molar-refractivity contribution in [2.24, 2.45) is 23.7 Å². The largest absolute Gasteiger partial charge is 0.355 e. The summed E-state index contributed by atoms with van der Waals surface area (Å²) in [7, 11) is 0.233. The summed E-state index contributed by atoms with van der Waals surface area (Å²) >= 11 is 0. The van der Waals surface area contributed by atoms with Gasteiger partial charge < -0.3 is 10.2 Å². The molecule has 0 radical (unpaired) electrons. The standard InChI is InChI=1S/C23H36FN3O3S/c1-16(2)22-13-18(14-23(28)25-10-11-27(4)5)17(3)12-19(22)15-26-31(29,30)21-8-6-20(24)7-9-21/h6-9,12,16,18-19,22,26H,10-11,13-15H2,1-5H3,(H,25,28)/t18-,19-,22-/m0/s1. The summed E-state index contributed by atoms with van der Waals surface area (Å²) in [6, 6.07) is 4.82. The summed E-state index contributed by atoms with van der Waals surface area (Å²) < 4.78 is 41.0. The van der Waals surface area contributed by atoms with Gasteiger partial charge in [-0.1, -0.05) is 25.5 Å². The molecule has 0 saturated carbocycles. The second-order valence-corrected chi connectivity index (χ2v) is 10.8. The van der Waals surface area contributed by atoms with Crippen LogP contribution in [0.4, 0.5) is 4.39 Å². The van der Waals surface area contributed by atoms with E-state index in [2.05, 4.69) is 30.0 Å². The maximum absolute atomic E-state index is 13.1. The van der Waals surface area contributed by atoms with Gasteiger partial charge in [0.15, 0.2) is 0 Å². The van der Waals surface area contributed by atoms with E-state index in [0.717, 1.165) is 30.7 Å². The monoisotopic (exact) mass is 453 g/mol. The number of rotatable bonds is 10. The quantitative estimate of drug-likeness (QED) is 0.534. The molecule has 8 heteroatoms. The number of allylic oxidation sites excluding steroid dienone is 1. The minimum absolute atomic E-state index is 0.0447. The molecule has 0 bridgehead atoms. The van der Waals surface area contributed by atoms with Crippen LogP contribution in [0.2, 0.25) is 0 Å². The van der Waals surface area contributed by atoms with Gasteiger partial charge in [-0.3, -0.25) is 4.79 Å². The van der Waals surface area contributed by atoms with Crippen LogP contribution in [0.3, 0.4) is 0 Å². The normalized spacial score (nSPS) is 21.9. The Labute approximate surface area is 186 Å². The van der Waals surface area contributed by atoms with Crippen molar-refractivity contribution in [2.45, 2.75) is 38.5 Å². The van der Waals surface area contributed by atoms with Crippen LogP contribution in [-0.4, -0.2) is 53.0 Å². The molecule has 0 aliphatic heterocycles. The third kappa shape index (κ3) is 7.70. The fourth-order valence-electron chi connectivity index (χ4n) is 4.13. The predicted molar refractivity (Wildman–Crippen MR) is 121 cm³/mol. The SMILES string of the molecule is CC1=C[C@@H](CNS(=O)(=O)c2ccc(F)cc2)[C@H](C(C)C)C[C@H]1CC(=O)NCCN(C)C. The van der Waals surface area contributed by atoms with Crippen molar-refractivity contribution in [3.63, 3.8) is 0 Å². The van der Waals surface area contributed by atoms with Crippen LogP contribution in [0.1, 0.15) is 33.6 Å². The molecular formula is C23H36FN3O3S. The highest BCUT2D eigenvalue weighted by atomic mass is 32.2. The average molecular weight is 454 g/mol. The van der Waals surface area contributed by atoms with Crippen LogP contribution in [0, 0.1) is 29.5 Å². The number of likely N-dealkylation sites (N-methyl/N-ethyl adjacent to an activating group) is 1. The molecule has 31 heavy (non-hydrogen) atoms. The molecule has 0 unspecified atom stereocenters. The molecule has 6 nitrogen and oxygen atoms in total. The van der Waals surface area contributed by atoms with Gasteiger partial charge in [0, 0.05) is 26.1 Å². The molecule has 2 rings (SSSR count). The van der Waals surface area contributed by atoms with Crippen molar-refractivity contribution in [2.75, 3.05) is 33.7 Å². The Kier molecular flexibility index (Phi) is 9.21. The predicted octanol–water partition coefficient (Wildman–Crippen LogP) is 3.03. The van der Waals surface area contributed by atoms with E-state index in [0.29, 0.717) is 18.9 Å². The molecule has 0 fully saturated rings. The molecule has 1 aliphatic carbocycles. The number of nitrogens with one attached hydrogen (secondary N) is 2. The second kappa shape index (κ2) is 11.2. The Hall–Kier alpha value is -1.77. The summed E-state index contributed by atoms with van der Waals surface area (Å²) in [4.78, 5) is 14.4. The first-order valence-electron chi connectivity index (χ1n) is 10.8. The number of benzene rings is 1. The van der Waals surface area contributed by atoms with Gasteiger partial charge in [0.1, 0.15) is 5.82 Å². The van der Waals surface area contributed by atoms with Gasteiger partial charge in [0.25, 0.3) is 0 Å². The van der Waals surface area contributed by atoms with Gasteiger partial charge in [-0.05, 0) is 75.4 Å². The third-order valence-corrected chi connectivity index (χ3v) is 7.47. The van der Waals surface area contributed by atoms with Crippen LogP contribution in [0.5, 0.6) is 0 Å². The highest BCUT2D eigenvalue weighted by Crippen LogP contribution is 2.38. The number of hydrogen-bond acceptors (Lipinski definition) is 4. The molecule has 0 saturated heterocycles. The van der Waals surface area contributed by atoms with E-state index in [1.807, 2.05) is 25.9 Å². The topological polar surface area (TPSA) is 78.5 Å². The Bertz CT molecular complexity index is 867. The number of carbonyl (C=O) groups is 1. The van der Waals surface area contributed by atoms with E-state index in [9.17, 15) is 17.6 Å². The Morgan fingerprint density at radius 3 is 2.45 bits per heavy atom. The maximum Gasteiger partial charge on any atom is 0.240 e. The van der Waals surface area contributed by atoms with Gasteiger partial charge >= 0.3 is 0 Å². The number of amides is 1. The first-order chi connectivity index (χ1) is 14.5. The second-order valence-electron chi connectivity index (χ2n) is 9.08. The van der Waals surface area contributed by atoms with Crippen molar-refractivity contribution in [1.29, 1.82) is 0 Å². The van der Waals surface area contributed by atoms with Crippen molar-refractivity contribution >= 4 is 15.9 Å². The molecule has 0 spiro atoms. The molecule has 3 atom stereocenters. The number of sulfonamides is 1. The highest BCUT2D eigenvalue weighted by Gasteiger charge is 2.33. The third-order valence-electron chi connectivity index (χ3n) is 6.03. The van der Waals surface area contributed by atoms with E-state index in [4.69, 9.17) is 0 Å². The lowest BCUT2D eigenvalue weighted by Gasteiger charge is -2.37. The lowest BCUT2D eigenvalue weighted by Crippen LogP contribution is -2.38. The van der Waals surface area contributed by atoms with Crippen LogP contribution in [0.25, 0.3) is 0 Å². The number of carbonyl (C=O) groups excluding carboxylic acids is 1. The fraction of sp³-hybridized carbons (Fsp3) is 0.609. The van der Waals surface area contributed by atoms with E-state index >= 15 is 0 Å². The molecule has 174 valence electrons. The number of halogens is 1. The maximum atomic E-state index is 13.1. The van der Waals surface area contributed by atoms with Crippen LogP contribution in [-0.2, 0) is 14.8 Å². The van der Waals surface area contributed by atoms with Gasteiger partial charge in [0.05, 0.1) is 4.90 Å². The molecule has 1 aromatic rings. The Balaban J connectivity index is 2.03. The van der Waals surface area contributed by atoms with Gasteiger partial charge in [0.2, 0.25) is 15.9 Å². The van der Waals surface area contributed by atoms with Crippen LogP contribution in [0.15, 0.2) is 40.8 Å². The molecular weight excluding hydrogens is 417 g/mol. The minimum Gasteiger partial charge on any atom is -0.355 e. The highest BCUT2D eigenvalue weighted by molar-refractivity contribution is 7.89. The zero-order valence-electron chi connectivity index (χ0n) is 19.2. The van der Waals surface area contributed by atoms with Crippen molar-refractivity contribution in [1.82, 2.24) is 14.9 Å². The van der Waals surface area contributed by atoms with E-state index < -0.39 is 15.8 Å². The summed E-state index contributed by atoms with van der Waals surface area (Å²) in [5.41, 5.74) is 1.13. The van der Waals surface area contributed by atoms with E-state index in [-0.39, 0.29) is 35.1 Å². The smallest absolute Gasteiger partial charge is 0.240 e. The lowest BCUT2D eigenvalue weighted by atomic mass is 9.70. The number of hydrogen-bond donors (Lipinski definition) is 2.